The van der Waals surface area contributed by atoms with Crippen LogP contribution in [0, 0.1) is 5.92 Å². The molecule has 0 amide bonds. The quantitative estimate of drug-likeness (QED) is 0.704. The molecule has 2 aliphatic rings. The molecular weight excluding hydrogens is 324 g/mol. The molecule has 2 heterocycles. The summed E-state index contributed by atoms with van der Waals surface area (Å²) in [4.78, 5) is 0. The summed E-state index contributed by atoms with van der Waals surface area (Å²) in [6.45, 7) is 0.649. The summed E-state index contributed by atoms with van der Waals surface area (Å²) in [5, 5.41) is 3.50. The summed E-state index contributed by atoms with van der Waals surface area (Å²) >= 11 is 0. The number of nitrogens with one attached hydrogen (secondary N) is 1. The molecule has 2 unspecified atom stereocenters. The van der Waals surface area contributed by atoms with E-state index in [0.717, 1.165) is 29.7 Å². The van der Waals surface area contributed by atoms with Crippen LogP contribution in [0.3, 0.4) is 0 Å². The average Bonchev–Trinajstić information content (AvgIpc) is 2.63. The van der Waals surface area contributed by atoms with Crippen molar-refractivity contribution in [2.75, 3.05) is 23.4 Å². The zero-order valence-electron chi connectivity index (χ0n) is 13.7. The largest absolute Gasteiger partial charge is 0.397 e. The van der Waals surface area contributed by atoms with Gasteiger partial charge in [0.1, 0.15) is 0 Å². The normalized spacial score (nSPS) is 25.2. The number of fused-ring (bicyclic) bond motifs is 3. The highest BCUT2D eigenvalue weighted by Gasteiger charge is 2.40. The lowest BCUT2D eigenvalue weighted by molar-refractivity contribution is -0.0382. The Morgan fingerprint density at radius 2 is 1.92 bits per heavy atom. The summed E-state index contributed by atoms with van der Waals surface area (Å²) in [6, 6.07) is 10.4. The van der Waals surface area contributed by atoms with Gasteiger partial charge in [-0.25, -0.2) is 8.78 Å². The Morgan fingerprint density at radius 3 is 2.68 bits per heavy atom. The first-order valence-corrected chi connectivity index (χ1v) is 8.49. The summed E-state index contributed by atoms with van der Waals surface area (Å²) in [6.07, 6.45) is -0.757. The molecule has 2 aliphatic heterocycles. The molecule has 0 radical (unpaired) electrons. The lowest BCUT2D eigenvalue weighted by atomic mass is 9.77. The van der Waals surface area contributed by atoms with Crippen LogP contribution in [0.5, 0.6) is 0 Å². The highest BCUT2D eigenvalue weighted by Crippen LogP contribution is 2.50. The Hall–Kier alpha value is -2.34. The molecule has 0 aliphatic carbocycles. The summed E-state index contributed by atoms with van der Waals surface area (Å²) in [7, 11) is 0. The van der Waals surface area contributed by atoms with Gasteiger partial charge in [-0.2, -0.15) is 0 Å². The molecule has 0 saturated carbocycles. The van der Waals surface area contributed by atoms with Crippen LogP contribution < -0.4 is 16.8 Å². The van der Waals surface area contributed by atoms with Crippen LogP contribution in [-0.2, 0) is 4.74 Å². The van der Waals surface area contributed by atoms with E-state index in [1.54, 1.807) is 18.2 Å². The summed E-state index contributed by atoms with van der Waals surface area (Å²) in [5.41, 5.74) is 15.6. The van der Waals surface area contributed by atoms with Crippen molar-refractivity contribution in [2.45, 2.75) is 31.4 Å². The number of nitrogens with two attached hydrogens (primary N) is 2. The molecule has 2 aromatic rings. The summed E-state index contributed by atoms with van der Waals surface area (Å²) in [5.74, 6) is 0.164. The van der Waals surface area contributed by atoms with Crippen molar-refractivity contribution in [1.82, 2.24) is 0 Å². The molecule has 4 rings (SSSR count). The predicted octanol–water partition coefficient (Wildman–Crippen LogP) is 4.42. The molecule has 5 N–H and O–H groups in total. The van der Waals surface area contributed by atoms with E-state index >= 15 is 0 Å². The number of anilines is 3. The molecular formula is C19H21F2N3O. The fraction of sp³-hybridized carbons (Fsp3) is 0.368. The number of benzene rings is 2. The van der Waals surface area contributed by atoms with Gasteiger partial charge in [0.05, 0.1) is 23.5 Å². The van der Waals surface area contributed by atoms with Crippen molar-refractivity contribution in [3.05, 3.63) is 53.1 Å². The van der Waals surface area contributed by atoms with Crippen LogP contribution in [0.1, 0.15) is 48.1 Å². The van der Waals surface area contributed by atoms with E-state index in [1.165, 1.54) is 6.07 Å². The number of ether oxygens (including phenoxy) is 1. The van der Waals surface area contributed by atoms with Crippen molar-refractivity contribution in [3.63, 3.8) is 0 Å². The number of rotatable bonds is 2. The van der Waals surface area contributed by atoms with E-state index < -0.39 is 6.43 Å². The number of nitrogen functional groups attached to an aromatic ring is 2. The van der Waals surface area contributed by atoms with Gasteiger partial charge in [-0.15, -0.1) is 0 Å². The number of hydrogen-bond acceptors (Lipinski definition) is 4. The fourth-order valence-electron chi connectivity index (χ4n) is 3.94. The maximum Gasteiger partial charge on any atom is 0.263 e. The zero-order valence-corrected chi connectivity index (χ0v) is 13.7. The monoisotopic (exact) mass is 345 g/mol. The van der Waals surface area contributed by atoms with E-state index in [2.05, 4.69) is 5.32 Å². The minimum Gasteiger partial charge on any atom is -0.397 e. The molecule has 2 aromatic carbocycles. The summed E-state index contributed by atoms with van der Waals surface area (Å²) < 4.78 is 32.2. The van der Waals surface area contributed by atoms with Crippen LogP contribution in [-0.4, -0.2) is 6.61 Å². The predicted molar refractivity (Wildman–Crippen MR) is 94.4 cm³/mol. The van der Waals surface area contributed by atoms with E-state index in [0.29, 0.717) is 18.0 Å². The first-order valence-electron chi connectivity index (χ1n) is 8.49. The molecule has 132 valence electrons. The Bertz CT molecular complexity index is 796. The highest BCUT2D eigenvalue weighted by atomic mass is 19.3. The van der Waals surface area contributed by atoms with Crippen LogP contribution in [0.4, 0.5) is 25.8 Å². The molecule has 0 spiro atoms. The maximum atomic E-state index is 13.1. The molecule has 6 heteroatoms. The Kier molecular flexibility index (Phi) is 4.00. The lowest BCUT2D eigenvalue weighted by Crippen LogP contribution is -2.36. The molecule has 25 heavy (non-hydrogen) atoms. The Labute approximate surface area is 145 Å². The molecule has 0 bridgehead atoms. The molecule has 0 aromatic heterocycles. The van der Waals surface area contributed by atoms with Gasteiger partial charge in [-0.3, -0.25) is 0 Å². The average molecular weight is 345 g/mol. The van der Waals surface area contributed by atoms with Crippen LogP contribution in [0.15, 0.2) is 36.4 Å². The van der Waals surface area contributed by atoms with Gasteiger partial charge in [0, 0.05) is 29.3 Å². The molecule has 3 atom stereocenters. The maximum absolute atomic E-state index is 13.1. The van der Waals surface area contributed by atoms with E-state index in [-0.39, 0.29) is 23.6 Å². The minimum absolute atomic E-state index is 0.0121. The molecule has 1 fully saturated rings. The highest BCUT2D eigenvalue weighted by molar-refractivity contribution is 5.65. The van der Waals surface area contributed by atoms with E-state index in [4.69, 9.17) is 16.2 Å². The van der Waals surface area contributed by atoms with Gasteiger partial charge in [0.15, 0.2) is 0 Å². The van der Waals surface area contributed by atoms with Gasteiger partial charge >= 0.3 is 0 Å². The second-order valence-corrected chi connectivity index (χ2v) is 6.76. The Morgan fingerprint density at radius 1 is 1.08 bits per heavy atom. The van der Waals surface area contributed by atoms with Gasteiger partial charge in [0.25, 0.3) is 6.43 Å². The number of alkyl halides is 2. The van der Waals surface area contributed by atoms with E-state index in [9.17, 15) is 8.78 Å². The van der Waals surface area contributed by atoms with Crippen molar-refractivity contribution >= 4 is 17.1 Å². The third kappa shape index (κ3) is 2.80. The second kappa shape index (κ2) is 6.19. The lowest BCUT2D eigenvalue weighted by Gasteiger charge is -2.43. The molecule has 1 saturated heterocycles. The van der Waals surface area contributed by atoms with E-state index in [1.807, 2.05) is 12.1 Å². The number of halogens is 2. The SMILES string of the molecule is Nc1ccc([C@@H]2Nc3ccc(C(F)F)cc3C3OCCCC32)cc1N. The minimum atomic E-state index is -2.48. The van der Waals surface area contributed by atoms with Crippen molar-refractivity contribution in [3.8, 4) is 0 Å². The topological polar surface area (TPSA) is 73.3 Å². The van der Waals surface area contributed by atoms with Gasteiger partial charge in [-0.1, -0.05) is 12.1 Å². The fourth-order valence-corrected chi connectivity index (χ4v) is 3.94. The van der Waals surface area contributed by atoms with Crippen LogP contribution >= 0.6 is 0 Å². The molecule has 4 nitrogen and oxygen atoms in total. The first-order chi connectivity index (χ1) is 12.0. The van der Waals surface area contributed by atoms with Gasteiger partial charge in [-0.05, 0) is 42.7 Å². The van der Waals surface area contributed by atoms with Gasteiger partial charge < -0.3 is 21.5 Å². The van der Waals surface area contributed by atoms with Crippen LogP contribution in [0.2, 0.25) is 0 Å². The Balaban J connectivity index is 1.76. The number of hydrogen-bond donors (Lipinski definition) is 3. The third-order valence-electron chi connectivity index (χ3n) is 5.21. The van der Waals surface area contributed by atoms with Crippen molar-refractivity contribution in [1.29, 1.82) is 0 Å². The smallest absolute Gasteiger partial charge is 0.263 e. The second-order valence-electron chi connectivity index (χ2n) is 6.76. The third-order valence-corrected chi connectivity index (χ3v) is 5.21. The van der Waals surface area contributed by atoms with Crippen molar-refractivity contribution < 1.29 is 13.5 Å². The van der Waals surface area contributed by atoms with Crippen LogP contribution in [0.25, 0.3) is 0 Å². The first kappa shape index (κ1) is 16.1. The zero-order chi connectivity index (χ0) is 17.6. The van der Waals surface area contributed by atoms with Crippen molar-refractivity contribution in [2.24, 2.45) is 5.92 Å². The standard InChI is InChI=1S/C19H21F2N3O/c20-19(21)11-4-6-16-13(8-11)18-12(2-1-7-25-18)17(24-16)10-3-5-14(22)15(23)9-10/h3-6,8-9,12,17-19,24H,1-2,7,22-23H2/t12?,17-,18?/m0/s1. The van der Waals surface area contributed by atoms with Gasteiger partial charge in [0.2, 0.25) is 0 Å².